The molecule has 0 aromatic rings. The number of alkyl halides is 2. The van der Waals surface area contributed by atoms with Crippen LogP contribution in [-0.2, 0) is 0 Å². The van der Waals surface area contributed by atoms with Crippen molar-refractivity contribution in [2.45, 2.75) is 94.3 Å². The molecule has 0 bridgehead atoms. The molecule has 1 N–H and O–H groups in total. The highest BCUT2D eigenvalue weighted by Gasteiger charge is 2.43. The fourth-order valence-electron chi connectivity index (χ4n) is 5.33. The van der Waals surface area contributed by atoms with Crippen LogP contribution in [0, 0.1) is 23.7 Å². The van der Waals surface area contributed by atoms with E-state index in [1.54, 1.807) is 0 Å². The summed E-state index contributed by atoms with van der Waals surface area (Å²) >= 11 is 4.58. The summed E-state index contributed by atoms with van der Waals surface area (Å²) in [6, 6.07) is 0. The van der Waals surface area contributed by atoms with Gasteiger partial charge in [0.15, 0.2) is 6.17 Å². The Balaban J connectivity index is 1.43. The van der Waals surface area contributed by atoms with E-state index >= 15 is 0 Å². The van der Waals surface area contributed by atoms with Gasteiger partial charge in [-0.25, -0.2) is 8.78 Å². The molecule has 0 aliphatic heterocycles. The topological polar surface area (TPSA) is 20.2 Å². The number of hydrogen-bond acceptors (Lipinski definition) is 2. The molecule has 3 aliphatic rings. The molecule has 0 radical (unpaired) electrons. The molecule has 4 unspecified atom stereocenters. The van der Waals surface area contributed by atoms with E-state index in [1.807, 2.05) is 0 Å². The van der Waals surface area contributed by atoms with Gasteiger partial charge in [0.05, 0.1) is 6.10 Å². The number of thiol groups is 1. The van der Waals surface area contributed by atoms with Gasteiger partial charge in [0.2, 0.25) is 0 Å². The molecule has 0 spiro atoms. The predicted molar refractivity (Wildman–Crippen MR) is 93.3 cm³/mol. The van der Waals surface area contributed by atoms with Crippen molar-refractivity contribution < 1.29 is 13.9 Å². The fourth-order valence-corrected chi connectivity index (χ4v) is 5.63. The minimum atomic E-state index is -1.66. The Morgan fingerprint density at radius 2 is 1.30 bits per heavy atom. The fraction of sp³-hybridized carbons (Fsp3) is 1.00. The molecule has 0 aromatic heterocycles. The molecule has 0 aromatic carbocycles. The van der Waals surface area contributed by atoms with E-state index in [-0.39, 0.29) is 5.92 Å². The first-order valence-electron chi connectivity index (χ1n) is 9.69. The van der Waals surface area contributed by atoms with Crippen LogP contribution >= 0.6 is 12.6 Å². The Morgan fingerprint density at radius 3 is 1.91 bits per heavy atom. The molecule has 3 aliphatic carbocycles. The third kappa shape index (κ3) is 4.42. The Hall–Kier alpha value is 0.170. The van der Waals surface area contributed by atoms with E-state index in [2.05, 4.69) is 12.6 Å². The van der Waals surface area contributed by atoms with Crippen LogP contribution in [-0.4, -0.2) is 28.8 Å². The summed E-state index contributed by atoms with van der Waals surface area (Å²) in [5.74, 6) is 1.84. The minimum Gasteiger partial charge on any atom is -0.390 e. The molecule has 0 heterocycles. The van der Waals surface area contributed by atoms with Gasteiger partial charge >= 0.3 is 0 Å². The molecule has 134 valence electrons. The molecule has 23 heavy (non-hydrogen) atoms. The van der Waals surface area contributed by atoms with E-state index in [4.69, 9.17) is 0 Å². The van der Waals surface area contributed by atoms with Gasteiger partial charge in [0, 0.05) is 5.25 Å². The summed E-state index contributed by atoms with van der Waals surface area (Å²) in [6.45, 7) is 0. The molecule has 1 nitrogen and oxygen atoms in total. The molecule has 4 atom stereocenters. The van der Waals surface area contributed by atoms with E-state index in [1.165, 1.54) is 44.9 Å². The Bertz CT molecular complexity index is 364. The third-order valence-electron chi connectivity index (χ3n) is 6.86. The SMILES string of the molecule is OC1CCC(C2CCC(CC3CCC(S)CC3)CC2)C(F)C1F. The van der Waals surface area contributed by atoms with E-state index < -0.39 is 18.4 Å². The molecule has 0 amide bonds. The summed E-state index contributed by atoms with van der Waals surface area (Å²) in [6.07, 6.45) is 7.88. The van der Waals surface area contributed by atoms with Gasteiger partial charge in [-0.15, -0.1) is 0 Å². The van der Waals surface area contributed by atoms with Crippen LogP contribution in [0.3, 0.4) is 0 Å². The van der Waals surface area contributed by atoms with Crippen molar-refractivity contribution in [3.63, 3.8) is 0 Å². The van der Waals surface area contributed by atoms with Crippen LogP contribution < -0.4 is 0 Å². The second-order valence-electron chi connectivity index (χ2n) is 8.39. The zero-order valence-corrected chi connectivity index (χ0v) is 14.9. The number of halogens is 2. The van der Waals surface area contributed by atoms with E-state index in [0.29, 0.717) is 24.0 Å². The lowest BCUT2D eigenvalue weighted by molar-refractivity contribution is -0.0551. The first kappa shape index (κ1) is 18.0. The van der Waals surface area contributed by atoms with Gasteiger partial charge in [0.1, 0.15) is 6.17 Å². The highest BCUT2D eigenvalue weighted by Crippen LogP contribution is 2.44. The Labute approximate surface area is 145 Å². The highest BCUT2D eigenvalue weighted by molar-refractivity contribution is 7.80. The summed E-state index contributed by atoms with van der Waals surface area (Å²) in [5.41, 5.74) is 0. The van der Waals surface area contributed by atoms with Crippen LogP contribution in [0.1, 0.15) is 70.6 Å². The van der Waals surface area contributed by atoms with E-state index in [9.17, 15) is 13.9 Å². The maximum absolute atomic E-state index is 14.2. The summed E-state index contributed by atoms with van der Waals surface area (Å²) in [4.78, 5) is 0. The van der Waals surface area contributed by atoms with Crippen molar-refractivity contribution in [3.8, 4) is 0 Å². The van der Waals surface area contributed by atoms with Gasteiger partial charge in [-0.2, -0.15) is 12.6 Å². The largest absolute Gasteiger partial charge is 0.390 e. The van der Waals surface area contributed by atoms with Crippen LogP contribution in [0.4, 0.5) is 8.78 Å². The molecule has 3 fully saturated rings. The van der Waals surface area contributed by atoms with Crippen LogP contribution in [0.5, 0.6) is 0 Å². The second kappa shape index (κ2) is 8.03. The van der Waals surface area contributed by atoms with Crippen molar-refractivity contribution in [1.29, 1.82) is 0 Å². The minimum absolute atomic E-state index is 0.158. The lowest BCUT2D eigenvalue weighted by Crippen LogP contribution is -2.44. The van der Waals surface area contributed by atoms with Gasteiger partial charge in [-0.05, 0) is 81.5 Å². The number of hydrogen-bond donors (Lipinski definition) is 2. The molecule has 4 heteroatoms. The third-order valence-corrected chi connectivity index (χ3v) is 7.37. The lowest BCUT2D eigenvalue weighted by Gasteiger charge is -2.40. The summed E-state index contributed by atoms with van der Waals surface area (Å²) in [5, 5.41) is 10.1. The van der Waals surface area contributed by atoms with Gasteiger partial charge < -0.3 is 5.11 Å². The average molecular weight is 347 g/mol. The zero-order valence-electron chi connectivity index (χ0n) is 14.0. The number of aliphatic hydroxyl groups is 1. The molecule has 3 saturated carbocycles. The zero-order chi connectivity index (χ0) is 16.4. The predicted octanol–water partition coefficient (Wildman–Crippen LogP) is 5.12. The average Bonchev–Trinajstić information content (AvgIpc) is 2.56. The smallest absolute Gasteiger partial charge is 0.157 e. The first-order valence-corrected chi connectivity index (χ1v) is 10.2. The Morgan fingerprint density at radius 1 is 0.739 bits per heavy atom. The standard InChI is InChI=1S/C19H32F2OS/c20-18-16(9-10-17(22)19(18)21)14-5-1-12(2-6-14)11-13-3-7-15(23)8-4-13/h12-19,22-23H,1-11H2. The van der Waals surface area contributed by atoms with Crippen molar-refractivity contribution in [2.75, 3.05) is 0 Å². The van der Waals surface area contributed by atoms with E-state index in [0.717, 1.165) is 24.7 Å². The summed E-state index contributed by atoms with van der Waals surface area (Å²) in [7, 11) is 0. The highest BCUT2D eigenvalue weighted by atomic mass is 32.1. The van der Waals surface area contributed by atoms with Gasteiger partial charge in [-0.3, -0.25) is 0 Å². The van der Waals surface area contributed by atoms with Gasteiger partial charge in [0.25, 0.3) is 0 Å². The van der Waals surface area contributed by atoms with Crippen molar-refractivity contribution in [3.05, 3.63) is 0 Å². The van der Waals surface area contributed by atoms with Crippen molar-refractivity contribution in [1.82, 2.24) is 0 Å². The molecular formula is C19H32F2OS. The first-order chi connectivity index (χ1) is 11.0. The van der Waals surface area contributed by atoms with Crippen LogP contribution in [0.25, 0.3) is 0 Å². The number of rotatable bonds is 3. The summed E-state index contributed by atoms with van der Waals surface area (Å²) < 4.78 is 28.0. The molecule has 0 saturated heterocycles. The van der Waals surface area contributed by atoms with Crippen LogP contribution in [0.2, 0.25) is 0 Å². The Kier molecular flexibility index (Phi) is 6.28. The maximum Gasteiger partial charge on any atom is 0.157 e. The lowest BCUT2D eigenvalue weighted by atomic mass is 9.67. The molecule has 3 rings (SSSR count). The molecular weight excluding hydrogens is 314 g/mol. The van der Waals surface area contributed by atoms with Crippen LogP contribution in [0.15, 0.2) is 0 Å². The van der Waals surface area contributed by atoms with Crippen molar-refractivity contribution >= 4 is 12.6 Å². The normalized spacial score (nSPS) is 49.0. The monoisotopic (exact) mass is 346 g/mol. The maximum atomic E-state index is 14.2. The quantitative estimate of drug-likeness (QED) is 0.680. The van der Waals surface area contributed by atoms with Gasteiger partial charge in [-0.1, -0.05) is 12.8 Å². The second-order valence-corrected chi connectivity index (χ2v) is 9.12. The number of aliphatic hydroxyl groups excluding tert-OH is 1. The van der Waals surface area contributed by atoms with Crippen molar-refractivity contribution in [2.24, 2.45) is 23.7 Å².